The molecule has 5 nitrogen and oxygen atoms in total. The van der Waals surface area contributed by atoms with E-state index in [4.69, 9.17) is 11.6 Å². The number of benzene rings is 1. The number of halogens is 1. The topological polar surface area (TPSA) is 78.3 Å². The van der Waals surface area contributed by atoms with Crippen molar-refractivity contribution in [2.45, 2.75) is 74.9 Å². The van der Waals surface area contributed by atoms with Crippen LogP contribution in [0.15, 0.2) is 48.4 Å². The average molecular weight is 496 g/mol. The van der Waals surface area contributed by atoms with Crippen LogP contribution < -0.4 is 5.32 Å². The molecular weight excluding hydrogens is 458 g/mol. The lowest BCUT2D eigenvalue weighted by molar-refractivity contribution is -0.106. The first kappa shape index (κ1) is 24.9. The highest BCUT2D eigenvalue weighted by atomic mass is 35.5. The molecule has 0 saturated heterocycles. The van der Waals surface area contributed by atoms with Crippen LogP contribution >= 0.6 is 11.6 Å². The zero-order valence-electron chi connectivity index (χ0n) is 21.1. The third-order valence-electron chi connectivity index (χ3n) is 9.20. The van der Waals surface area contributed by atoms with Gasteiger partial charge in [0, 0.05) is 17.5 Å². The highest BCUT2D eigenvalue weighted by Crippen LogP contribution is 2.65. The van der Waals surface area contributed by atoms with E-state index in [1.807, 2.05) is 20.3 Å². The van der Waals surface area contributed by atoms with Crippen molar-refractivity contribution in [2.24, 2.45) is 17.3 Å². The van der Waals surface area contributed by atoms with Crippen LogP contribution in [0.25, 0.3) is 16.5 Å². The third kappa shape index (κ3) is 4.05. The van der Waals surface area contributed by atoms with E-state index in [1.54, 1.807) is 6.33 Å². The Labute approximate surface area is 213 Å². The van der Waals surface area contributed by atoms with E-state index in [-0.39, 0.29) is 17.4 Å². The molecule has 6 rings (SSSR count). The van der Waals surface area contributed by atoms with Crippen LogP contribution in [0.3, 0.4) is 0 Å². The van der Waals surface area contributed by atoms with E-state index >= 15 is 0 Å². The number of rotatable bonds is 1. The average Bonchev–Trinajstić information content (AvgIpc) is 3.14. The molecular formula is C29H38ClN3O2. The van der Waals surface area contributed by atoms with E-state index in [9.17, 15) is 10.2 Å². The number of aromatic nitrogens is 2. The number of nitrogens with zero attached hydrogens (tertiary/aromatic N) is 2. The number of fused-ring (bicyclic) bond motifs is 5. The summed E-state index contributed by atoms with van der Waals surface area (Å²) in [6.45, 7) is 2.32. The van der Waals surface area contributed by atoms with Crippen molar-refractivity contribution in [1.29, 1.82) is 0 Å². The highest BCUT2D eigenvalue weighted by Gasteiger charge is 2.64. The molecule has 188 valence electrons. The fraction of sp³-hybridized carbons (Fsp3) is 0.586. The normalized spacial score (nSPS) is 38.2. The van der Waals surface area contributed by atoms with Gasteiger partial charge < -0.3 is 15.5 Å². The van der Waals surface area contributed by atoms with E-state index in [2.05, 4.69) is 52.6 Å². The number of allylic oxidation sites excluding steroid dienone is 2. The number of aliphatic hydroxyl groups excluding tert-OH is 1. The molecule has 6 atom stereocenters. The van der Waals surface area contributed by atoms with Gasteiger partial charge in [-0.2, -0.15) is 0 Å². The van der Waals surface area contributed by atoms with Crippen molar-refractivity contribution < 1.29 is 10.2 Å². The predicted molar refractivity (Wildman–Crippen MR) is 142 cm³/mol. The van der Waals surface area contributed by atoms with Crippen LogP contribution in [0.1, 0.15) is 63.9 Å². The molecule has 2 aromatic rings. The molecule has 0 aliphatic heterocycles. The summed E-state index contributed by atoms with van der Waals surface area (Å²) < 4.78 is 0. The van der Waals surface area contributed by atoms with Crippen LogP contribution in [-0.4, -0.2) is 50.9 Å². The van der Waals surface area contributed by atoms with Gasteiger partial charge in [0.1, 0.15) is 6.33 Å². The van der Waals surface area contributed by atoms with E-state index in [0.29, 0.717) is 12.3 Å². The van der Waals surface area contributed by atoms with Gasteiger partial charge in [-0.15, -0.1) is 11.6 Å². The molecule has 6 heteroatoms. The predicted octanol–water partition coefficient (Wildman–Crippen LogP) is 5.26. The second kappa shape index (κ2) is 9.26. The standard InChI is InChI=1S/C27H31ClN2O2.C2H7N/c1-25-10-11-26(28)14-20-12-21(31)5-4-17(20)8-9-27(26,32)24(25)7-6-22(25)18-2-3-19-15-29-16-30-23(19)13-18;1-3-2/h2-3,6,13-17,21,24,31-32H,4-5,7-12H2,1H3;3H,1-2H3/t17?,21?,24?,25?,26?,27-;/m0./s1. The summed E-state index contributed by atoms with van der Waals surface area (Å²) in [6, 6.07) is 6.43. The lowest BCUT2D eigenvalue weighted by Gasteiger charge is -2.56. The number of alkyl halides is 1. The molecule has 4 aliphatic rings. The lowest BCUT2D eigenvalue weighted by atomic mass is 9.54. The molecule has 2 fully saturated rings. The van der Waals surface area contributed by atoms with Crippen LogP contribution in [0.4, 0.5) is 0 Å². The van der Waals surface area contributed by atoms with Gasteiger partial charge >= 0.3 is 0 Å². The van der Waals surface area contributed by atoms with Crippen LogP contribution in [0.2, 0.25) is 0 Å². The van der Waals surface area contributed by atoms with Crippen LogP contribution in [-0.2, 0) is 0 Å². The molecule has 0 radical (unpaired) electrons. The SMILES string of the molecule is CC12CCC3(Cl)C=C4CC(O)CCC4CC[C@]3(O)C1CC=C2c1ccc2cncnc2c1.CNC. The first-order valence-electron chi connectivity index (χ1n) is 13.0. The summed E-state index contributed by atoms with van der Waals surface area (Å²) in [5.74, 6) is 0.531. The quantitative estimate of drug-likeness (QED) is 0.371. The summed E-state index contributed by atoms with van der Waals surface area (Å²) >= 11 is 7.34. The molecule has 35 heavy (non-hydrogen) atoms. The van der Waals surface area contributed by atoms with Crippen molar-refractivity contribution >= 4 is 28.1 Å². The number of hydrogen-bond donors (Lipinski definition) is 3. The van der Waals surface area contributed by atoms with Crippen LogP contribution in [0, 0.1) is 17.3 Å². The molecule has 1 heterocycles. The molecule has 3 N–H and O–H groups in total. The molecule has 4 aliphatic carbocycles. The lowest BCUT2D eigenvalue weighted by Crippen LogP contribution is -2.61. The second-order valence-electron chi connectivity index (χ2n) is 11.3. The molecule has 0 spiro atoms. The minimum absolute atomic E-state index is 0.0827. The Morgan fingerprint density at radius 2 is 1.91 bits per heavy atom. The first-order chi connectivity index (χ1) is 16.7. The smallest absolute Gasteiger partial charge is 0.116 e. The summed E-state index contributed by atoms with van der Waals surface area (Å²) in [4.78, 5) is 7.83. The van der Waals surface area contributed by atoms with E-state index in [0.717, 1.165) is 55.8 Å². The fourth-order valence-electron chi connectivity index (χ4n) is 7.38. The zero-order valence-corrected chi connectivity index (χ0v) is 21.9. The maximum atomic E-state index is 12.3. The Balaban J connectivity index is 0.000000806. The van der Waals surface area contributed by atoms with Gasteiger partial charge in [-0.05, 0) is 94.0 Å². The number of nitrogens with one attached hydrogen (secondary N) is 1. The Hall–Kier alpha value is -1.79. The molecule has 5 unspecified atom stereocenters. The third-order valence-corrected chi connectivity index (χ3v) is 9.82. The van der Waals surface area contributed by atoms with Gasteiger partial charge in [0.05, 0.1) is 22.1 Å². The molecule has 0 bridgehead atoms. The fourth-order valence-corrected chi connectivity index (χ4v) is 7.84. The Morgan fingerprint density at radius 3 is 2.71 bits per heavy atom. The molecule has 1 aromatic heterocycles. The number of hydrogen-bond acceptors (Lipinski definition) is 5. The van der Waals surface area contributed by atoms with Crippen molar-refractivity contribution in [3.05, 3.63) is 54.0 Å². The van der Waals surface area contributed by atoms with Crippen LogP contribution in [0.5, 0.6) is 0 Å². The molecule has 1 aromatic carbocycles. The minimum Gasteiger partial charge on any atom is -0.393 e. The largest absolute Gasteiger partial charge is 0.393 e. The van der Waals surface area contributed by atoms with Gasteiger partial charge in [-0.25, -0.2) is 9.97 Å². The number of aliphatic hydroxyl groups is 2. The van der Waals surface area contributed by atoms with Crippen molar-refractivity contribution in [2.75, 3.05) is 14.1 Å². The van der Waals surface area contributed by atoms with Crippen molar-refractivity contribution in [1.82, 2.24) is 15.3 Å². The van der Waals surface area contributed by atoms with Gasteiger partial charge in [-0.3, -0.25) is 0 Å². The Bertz CT molecular complexity index is 1170. The Kier molecular flexibility index (Phi) is 6.58. The zero-order chi connectivity index (χ0) is 24.8. The first-order valence-corrected chi connectivity index (χ1v) is 13.4. The summed E-state index contributed by atoms with van der Waals surface area (Å²) in [5.41, 5.74) is 3.66. The second-order valence-corrected chi connectivity index (χ2v) is 12.0. The summed E-state index contributed by atoms with van der Waals surface area (Å²) in [6.07, 6.45) is 14.5. The van der Waals surface area contributed by atoms with Crippen molar-refractivity contribution in [3.8, 4) is 0 Å². The highest BCUT2D eigenvalue weighted by molar-refractivity contribution is 6.26. The molecule has 2 saturated carbocycles. The maximum Gasteiger partial charge on any atom is 0.116 e. The van der Waals surface area contributed by atoms with Gasteiger partial charge in [0.15, 0.2) is 0 Å². The van der Waals surface area contributed by atoms with Gasteiger partial charge in [0.2, 0.25) is 0 Å². The van der Waals surface area contributed by atoms with Gasteiger partial charge in [-0.1, -0.05) is 36.8 Å². The minimum atomic E-state index is -0.950. The van der Waals surface area contributed by atoms with Gasteiger partial charge in [0.25, 0.3) is 0 Å². The molecule has 0 amide bonds. The van der Waals surface area contributed by atoms with E-state index in [1.165, 1.54) is 16.7 Å². The van der Waals surface area contributed by atoms with Crippen molar-refractivity contribution in [3.63, 3.8) is 0 Å². The Morgan fingerprint density at radius 1 is 1.11 bits per heavy atom. The monoisotopic (exact) mass is 495 g/mol. The maximum absolute atomic E-state index is 12.3. The summed E-state index contributed by atoms with van der Waals surface area (Å²) in [7, 11) is 3.75. The summed E-state index contributed by atoms with van der Waals surface area (Å²) in [5, 5.41) is 26.4. The van der Waals surface area contributed by atoms with E-state index < -0.39 is 10.5 Å².